The molecule has 1 aliphatic rings. The van der Waals surface area contributed by atoms with Crippen molar-refractivity contribution < 1.29 is 19.4 Å². The third-order valence-corrected chi connectivity index (χ3v) is 2.85. The van der Waals surface area contributed by atoms with Crippen LogP contribution in [0.1, 0.15) is 33.1 Å². The van der Waals surface area contributed by atoms with E-state index in [0.717, 1.165) is 6.42 Å². The number of carbonyl (C=O) groups excluding carboxylic acids is 1. The van der Waals surface area contributed by atoms with Crippen LogP contribution in [0, 0.1) is 11.8 Å². The molecule has 0 aromatic rings. The molecule has 1 amide bonds. The zero-order valence-corrected chi connectivity index (χ0v) is 10.5. The van der Waals surface area contributed by atoms with Gasteiger partial charge in [-0.05, 0) is 24.7 Å². The highest BCUT2D eigenvalue weighted by Gasteiger charge is 2.27. The molecule has 0 radical (unpaired) electrons. The lowest BCUT2D eigenvalue weighted by molar-refractivity contribution is -0.137. The summed E-state index contributed by atoms with van der Waals surface area (Å²) < 4.78 is 5.13. The summed E-state index contributed by atoms with van der Waals surface area (Å²) in [6.45, 7) is 5.74. The van der Waals surface area contributed by atoms with Crippen molar-refractivity contribution in [3.05, 3.63) is 0 Å². The van der Waals surface area contributed by atoms with Crippen LogP contribution in [0.15, 0.2) is 0 Å². The molecule has 1 N–H and O–H groups in total. The van der Waals surface area contributed by atoms with Gasteiger partial charge in [0.15, 0.2) is 0 Å². The van der Waals surface area contributed by atoms with E-state index >= 15 is 0 Å². The first-order chi connectivity index (χ1) is 7.99. The van der Waals surface area contributed by atoms with E-state index in [0.29, 0.717) is 38.0 Å². The molecule has 5 heteroatoms. The Morgan fingerprint density at radius 1 is 1.47 bits per heavy atom. The minimum atomic E-state index is -0.772. The predicted octanol–water partition coefficient (Wildman–Crippen LogP) is 1.97. The highest BCUT2D eigenvalue weighted by atomic mass is 16.6. The van der Waals surface area contributed by atoms with Crippen molar-refractivity contribution in [2.45, 2.75) is 33.1 Å². The second kappa shape index (κ2) is 6.47. The number of carboxylic acid groups (broad SMARTS) is 1. The molecule has 1 aliphatic heterocycles. The molecule has 1 rings (SSSR count). The van der Waals surface area contributed by atoms with Gasteiger partial charge in [0.2, 0.25) is 0 Å². The Balaban J connectivity index is 2.24. The Morgan fingerprint density at radius 3 is 2.76 bits per heavy atom. The minimum Gasteiger partial charge on any atom is -0.481 e. The Bertz CT molecular complexity index is 278. The van der Waals surface area contributed by atoms with Crippen molar-refractivity contribution >= 4 is 12.1 Å². The maximum absolute atomic E-state index is 11.6. The minimum absolute atomic E-state index is 0.180. The molecular formula is C12H21NO4. The maximum atomic E-state index is 11.6. The number of hydrogen-bond donors (Lipinski definition) is 1. The number of carbonyl (C=O) groups is 2. The average molecular weight is 243 g/mol. The largest absolute Gasteiger partial charge is 0.481 e. The van der Waals surface area contributed by atoms with Crippen molar-refractivity contribution in [2.75, 3.05) is 19.7 Å². The lowest BCUT2D eigenvalue weighted by atomic mass is 10.0. The van der Waals surface area contributed by atoms with E-state index in [1.807, 2.05) is 13.8 Å². The number of nitrogens with zero attached hydrogens (tertiary/aromatic N) is 1. The van der Waals surface area contributed by atoms with Gasteiger partial charge in [0.25, 0.3) is 0 Å². The molecule has 1 atom stereocenters. The number of carboxylic acids is 1. The summed E-state index contributed by atoms with van der Waals surface area (Å²) in [5.74, 6) is -0.132. The fourth-order valence-electron chi connectivity index (χ4n) is 1.89. The number of aliphatic carboxylic acids is 1. The second-order valence-electron chi connectivity index (χ2n) is 5.00. The van der Waals surface area contributed by atoms with Gasteiger partial charge in [0, 0.05) is 19.5 Å². The molecule has 1 unspecified atom stereocenters. The van der Waals surface area contributed by atoms with E-state index in [2.05, 4.69) is 0 Å². The Hall–Kier alpha value is -1.26. The van der Waals surface area contributed by atoms with Crippen LogP contribution >= 0.6 is 0 Å². The SMILES string of the molecule is CC(C)COC(=O)N1CCC(CCC(=O)O)C1. The lowest BCUT2D eigenvalue weighted by Crippen LogP contribution is -2.30. The van der Waals surface area contributed by atoms with Gasteiger partial charge in [0.1, 0.15) is 0 Å². The summed E-state index contributed by atoms with van der Waals surface area (Å²) in [5.41, 5.74) is 0. The smallest absolute Gasteiger partial charge is 0.409 e. The molecule has 0 saturated carbocycles. The fraction of sp³-hybridized carbons (Fsp3) is 0.833. The predicted molar refractivity (Wildman–Crippen MR) is 62.7 cm³/mol. The van der Waals surface area contributed by atoms with E-state index in [4.69, 9.17) is 9.84 Å². The fourth-order valence-corrected chi connectivity index (χ4v) is 1.89. The standard InChI is InChI=1S/C12H21NO4/c1-9(2)8-17-12(16)13-6-5-10(7-13)3-4-11(14)15/h9-10H,3-8H2,1-2H3,(H,14,15). The van der Waals surface area contributed by atoms with Crippen LogP contribution < -0.4 is 0 Å². The Labute approximate surface area is 102 Å². The van der Waals surface area contributed by atoms with Crippen molar-refractivity contribution in [1.82, 2.24) is 4.90 Å². The summed E-state index contributed by atoms with van der Waals surface area (Å²) >= 11 is 0. The third kappa shape index (κ3) is 5.06. The summed E-state index contributed by atoms with van der Waals surface area (Å²) in [5, 5.41) is 8.59. The van der Waals surface area contributed by atoms with Crippen LogP contribution in [0.3, 0.4) is 0 Å². The molecule has 1 saturated heterocycles. The Kier molecular flexibility index (Phi) is 5.25. The van der Waals surface area contributed by atoms with E-state index in [1.165, 1.54) is 0 Å². The van der Waals surface area contributed by atoms with Crippen LogP contribution in [0.25, 0.3) is 0 Å². The highest BCUT2D eigenvalue weighted by molar-refractivity contribution is 5.68. The van der Waals surface area contributed by atoms with Gasteiger partial charge in [-0.25, -0.2) is 4.79 Å². The van der Waals surface area contributed by atoms with Gasteiger partial charge in [0.05, 0.1) is 6.61 Å². The first kappa shape index (κ1) is 13.8. The number of amides is 1. The maximum Gasteiger partial charge on any atom is 0.409 e. The molecular weight excluding hydrogens is 222 g/mol. The van der Waals surface area contributed by atoms with Gasteiger partial charge < -0.3 is 14.7 Å². The number of likely N-dealkylation sites (tertiary alicyclic amines) is 1. The van der Waals surface area contributed by atoms with E-state index < -0.39 is 5.97 Å². The molecule has 1 fully saturated rings. The summed E-state index contributed by atoms with van der Waals surface area (Å²) in [4.78, 5) is 23.7. The molecule has 17 heavy (non-hydrogen) atoms. The van der Waals surface area contributed by atoms with Crippen molar-refractivity contribution in [2.24, 2.45) is 11.8 Å². The van der Waals surface area contributed by atoms with Crippen molar-refractivity contribution in [1.29, 1.82) is 0 Å². The van der Waals surface area contributed by atoms with Gasteiger partial charge in [-0.1, -0.05) is 13.8 Å². The zero-order chi connectivity index (χ0) is 12.8. The number of hydrogen-bond acceptors (Lipinski definition) is 3. The average Bonchev–Trinajstić information content (AvgIpc) is 2.71. The number of rotatable bonds is 5. The van der Waals surface area contributed by atoms with Crippen LogP contribution in [0.2, 0.25) is 0 Å². The highest BCUT2D eigenvalue weighted by Crippen LogP contribution is 2.21. The van der Waals surface area contributed by atoms with Crippen LogP contribution in [0.4, 0.5) is 4.79 Å². The van der Waals surface area contributed by atoms with Crippen LogP contribution in [0.5, 0.6) is 0 Å². The first-order valence-corrected chi connectivity index (χ1v) is 6.12. The van der Waals surface area contributed by atoms with Gasteiger partial charge in [-0.15, -0.1) is 0 Å². The molecule has 0 bridgehead atoms. The summed E-state index contributed by atoms with van der Waals surface area (Å²) in [6.07, 6.45) is 1.43. The van der Waals surface area contributed by atoms with Crippen LogP contribution in [-0.4, -0.2) is 41.8 Å². The molecule has 5 nitrogen and oxygen atoms in total. The topological polar surface area (TPSA) is 66.8 Å². The monoisotopic (exact) mass is 243 g/mol. The summed E-state index contributed by atoms with van der Waals surface area (Å²) in [7, 11) is 0. The summed E-state index contributed by atoms with van der Waals surface area (Å²) in [6, 6.07) is 0. The van der Waals surface area contributed by atoms with E-state index in [1.54, 1.807) is 4.90 Å². The van der Waals surface area contributed by atoms with Crippen molar-refractivity contribution in [3.8, 4) is 0 Å². The molecule has 0 aromatic heterocycles. The van der Waals surface area contributed by atoms with Gasteiger partial charge >= 0.3 is 12.1 Å². The molecule has 0 aliphatic carbocycles. The molecule has 0 spiro atoms. The van der Waals surface area contributed by atoms with E-state index in [-0.39, 0.29) is 12.5 Å². The van der Waals surface area contributed by atoms with Gasteiger partial charge in [-0.3, -0.25) is 4.79 Å². The van der Waals surface area contributed by atoms with Crippen LogP contribution in [-0.2, 0) is 9.53 Å². The molecule has 0 aromatic carbocycles. The van der Waals surface area contributed by atoms with E-state index in [9.17, 15) is 9.59 Å². The second-order valence-corrected chi connectivity index (χ2v) is 5.00. The van der Waals surface area contributed by atoms with Gasteiger partial charge in [-0.2, -0.15) is 0 Å². The lowest BCUT2D eigenvalue weighted by Gasteiger charge is -2.17. The first-order valence-electron chi connectivity index (χ1n) is 6.12. The van der Waals surface area contributed by atoms with Crippen molar-refractivity contribution in [3.63, 3.8) is 0 Å². The zero-order valence-electron chi connectivity index (χ0n) is 10.5. The molecule has 98 valence electrons. The molecule has 1 heterocycles. The normalized spacial score (nSPS) is 19.7. The number of ether oxygens (including phenoxy) is 1. The quantitative estimate of drug-likeness (QED) is 0.801. The Morgan fingerprint density at radius 2 is 2.18 bits per heavy atom. The third-order valence-electron chi connectivity index (χ3n) is 2.85.